The van der Waals surface area contributed by atoms with E-state index in [0.717, 1.165) is 0 Å². The highest BCUT2D eigenvalue weighted by molar-refractivity contribution is 6.09. The van der Waals surface area contributed by atoms with Gasteiger partial charge in [-0.15, -0.1) is 0 Å². The zero-order valence-electron chi connectivity index (χ0n) is 17.4. The number of amides is 1. The van der Waals surface area contributed by atoms with Crippen molar-refractivity contribution in [2.45, 2.75) is 6.61 Å². The van der Waals surface area contributed by atoms with Crippen LogP contribution in [0.25, 0.3) is 16.9 Å². The molecule has 2 N–H and O–H groups in total. The Morgan fingerprint density at radius 3 is 2.76 bits per heavy atom. The molecule has 0 aliphatic heterocycles. The van der Waals surface area contributed by atoms with Crippen LogP contribution in [-0.2, 0) is 0 Å². The maximum Gasteiger partial charge on any atom is 0.387 e. The van der Waals surface area contributed by atoms with Crippen molar-refractivity contribution in [2.24, 2.45) is 0 Å². The van der Waals surface area contributed by atoms with Gasteiger partial charge in [-0.05, 0) is 36.4 Å². The number of hydrogen-bond donors (Lipinski definition) is 2. The monoisotopic (exact) mass is 462 g/mol. The Morgan fingerprint density at radius 1 is 1.09 bits per heavy atom. The molecule has 5 aromatic rings. The molecule has 2 aromatic carbocycles. The van der Waals surface area contributed by atoms with E-state index in [1.54, 1.807) is 42.7 Å². The quantitative estimate of drug-likeness (QED) is 0.361. The fourth-order valence-electron chi connectivity index (χ4n) is 3.35. The van der Waals surface area contributed by atoms with Crippen LogP contribution in [0.4, 0.5) is 14.5 Å². The molecule has 0 bridgehead atoms. The molecule has 3 heterocycles. The van der Waals surface area contributed by atoms with Gasteiger partial charge < -0.3 is 14.8 Å². The summed E-state index contributed by atoms with van der Waals surface area (Å²) in [4.78, 5) is 17.1. The number of anilines is 1. The highest BCUT2D eigenvalue weighted by Gasteiger charge is 2.21. The maximum atomic E-state index is 13.1. The number of fused-ring (bicyclic) bond motifs is 1. The summed E-state index contributed by atoms with van der Waals surface area (Å²) < 4.78 is 38.1. The first kappa shape index (κ1) is 21.1. The summed E-state index contributed by atoms with van der Waals surface area (Å²) in [7, 11) is 0. The van der Waals surface area contributed by atoms with Crippen molar-refractivity contribution in [3.05, 3.63) is 84.9 Å². The minimum atomic E-state index is -3.05. The molecule has 0 radical (unpaired) electrons. The summed E-state index contributed by atoms with van der Waals surface area (Å²) in [5, 5.41) is 13.6. The summed E-state index contributed by atoms with van der Waals surface area (Å²) >= 11 is 0. The van der Waals surface area contributed by atoms with Gasteiger partial charge in [0.1, 0.15) is 28.5 Å². The minimum Gasteiger partial charge on any atom is -0.457 e. The third kappa shape index (κ3) is 4.26. The molecule has 1 amide bonds. The van der Waals surface area contributed by atoms with Crippen molar-refractivity contribution in [1.82, 2.24) is 24.8 Å². The normalized spacial score (nSPS) is 11.0. The average Bonchev–Trinajstić information content (AvgIpc) is 3.47. The average molecular weight is 462 g/mol. The lowest BCUT2D eigenvalue weighted by atomic mass is 10.1. The Morgan fingerprint density at radius 2 is 1.94 bits per heavy atom. The lowest BCUT2D eigenvalue weighted by Crippen LogP contribution is -2.12. The first-order valence-electron chi connectivity index (χ1n) is 10.0. The van der Waals surface area contributed by atoms with Crippen LogP contribution in [0.3, 0.4) is 0 Å². The Hall–Kier alpha value is -4.80. The molecule has 170 valence electrons. The van der Waals surface area contributed by atoms with Gasteiger partial charge in [-0.3, -0.25) is 9.89 Å². The second kappa shape index (κ2) is 8.98. The highest BCUT2D eigenvalue weighted by Crippen LogP contribution is 2.38. The predicted molar refractivity (Wildman–Crippen MR) is 118 cm³/mol. The van der Waals surface area contributed by atoms with E-state index in [2.05, 4.69) is 30.3 Å². The van der Waals surface area contributed by atoms with Gasteiger partial charge in [0.2, 0.25) is 0 Å². The number of rotatable bonds is 7. The predicted octanol–water partition coefficient (Wildman–Crippen LogP) is 4.77. The molecule has 11 heteroatoms. The minimum absolute atomic E-state index is 0.129. The number of halogens is 2. The number of nitrogens with zero attached hydrogens (tertiary/aromatic N) is 4. The Labute approximate surface area is 191 Å². The largest absolute Gasteiger partial charge is 0.457 e. The van der Waals surface area contributed by atoms with Crippen LogP contribution in [0, 0.1) is 0 Å². The molecular formula is C23H16F2N6O3. The van der Waals surface area contributed by atoms with Crippen LogP contribution < -0.4 is 14.8 Å². The SMILES string of the molecule is O=C(Nc1c[nH]nc1-c1cc(Oc2ccccc2)ccc1OC(F)F)c1cnn2cccnc12. The highest BCUT2D eigenvalue weighted by atomic mass is 19.3. The number of carbonyl (C=O) groups is 1. The van der Waals surface area contributed by atoms with E-state index >= 15 is 0 Å². The smallest absolute Gasteiger partial charge is 0.387 e. The number of para-hydroxylation sites is 1. The first-order valence-corrected chi connectivity index (χ1v) is 10.0. The number of carbonyl (C=O) groups excluding carboxylic acids is 1. The van der Waals surface area contributed by atoms with Crippen molar-refractivity contribution >= 4 is 17.2 Å². The summed E-state index contributed by atoms with van der Waals surface area (Å²) in [5.74, 6) is 0.307. The molecule has 0 atom stereocenters. The number of aromatic amines is 1. The molecule has 0 unspecified atom stereocenters. The Kier molecular flexibility index (Phi) is 5.56. The van der Waals surface area contributed by atoms with Gasteiger partial charge in [0.25, 0.3) is 5.91 Å². The van der Waals surface area contributed by atoms with E-state index in [1.165, 1.54) is 35.1 Å². The zero-order chi connectivity index (χ0) is 23.5. The van der Waals surface area contributed by atoms with Gasteiger partial charge >= 0.3 is 6.61 Å². The molecule has 0 saturated carbocycles. The topological polar surface area (TPSA) is 106 Å². The van der Waals surface area contributed by atoms with Gasteiger partial charge in [0.05, 0.1) is 17.4 Å². The van der Waals surface area contributed by atoms with E-state index < -0.39 is 12.5 Å². The number of benzene rings is 2. The number of nitrogens with one attached hydrogen (secondary N) is 2. The molecule has 3 aromatic heterocycles. The standard InChI is InChI=1S/C23H16F2N6O3/c24-23(25)34-19-8-7-15(33-14-5-2-1-3-6-14)11-16(19)20-18(13-27-30-20)29-22(32)17-12-28-31-10-4-9-26-21(17)31/h1-13,23H,(H,27,30)(H,29,32). The van der Waals surface area contributed by atoms with Crippen LogP contribution in [0.5, 0.6) is 17.2 Å². The van der Waals surface area contributed by atoms with Gasteiger partial charge in [0, 0.05) is 18.6 Å². The fraction of sp³-hybridized carbons (Fsp3) is 0.0435. The first-order chi connectivity index (χ1) is 16.6. The van der Waals surface area contributed by atoms with E-state index in [1.807, 2.05) is 6.07 Å². The summed E-state index contributed by atoms with van der Waals surface area (Å²) in [6, 6.07) is 15.0. The van der Waals surface area contributed by atoms with E-state index in [9.17, 15) is 13.6 Å². The number of ether oxygens (including phenoxy) is 2. The van der Waals surface area contributed by atoms with E-state index in [0.29, 0.717) is 17.1 Å². The van der Waals surface area contributed by atoms with Gasteiger partial charge in [-0.2, -0.15) is 19.0 Å². The van der Waals surface area contributed by atoms with Gasteiger partial charge in [0.15, 0.2) is 5.65 Å². The number of hydrogen-bond acceptors (Lipinski definition) is 6. The Bertz CT molecular complexity index is 1450. The van der Waals surface area contributed by atoms with Crippen molar-refractivity contribution in [1.29, 1.82) is 0 Å². The van der Waals surface area contributed by atoms with Crippen LogP contribution in [0.1, 0.15) is 10.4 Å². The third-order valence-corrected chi connectivity index (χ3v) is 4.81. The number of H-pyrrole nitrogens is 1. The molecule has 0 aliphatic rings. The van der Waals surface area contributed by atoms with Gasteiger partial charge in [-0.1, -0.05) is 18.2 Å². The lowest BCUT2D eigenvalue weighted by Gasteiger charge is -2.13. The molecular weight excluding hydrogens is 446 g/mol. The third-order valence-electron chi connectivity index (χ3n) is 4.81. The second-order valence-corrected chi connectivity index (χ2v) is 7.00. The Balaban J connectivity index is 1.49. The summed E-state index contributed by atoms with van der Waals surface area (Å²) in [6.07, 6.45) is 6.03. The zero-order valence-corrected chi connectivity index (χ0v) is 17.4. The van der Waals surface area contributed by atoms with Crippen molar-refractivity contribution in [3.63, 3.8) is 0 Å². The van der Waals surface area contributed by atoms with Crippen LogP contribution >= 0.6 is 0 Å². The second-order valence-electron chi connectivity index (χ2n) is 7.00. The van der Waals surface area contributed by atoms with Gasteiger partial charge in [-0.25, -0.2) is 9.50 Å². The van der Waals surface area contributed by atoms with Crippen LogP contribution in [-0.4, -0.2) is 37.3 Å². The van der Waals surface area contributed by atoms with Crippen molar-refractivity contribution in [2.75, 3.05) is 5.32 Å². The van der Waals surface area contributed by atoms with E-state index in [4.69, 9.17) is 4.74 Å². The molecule has 0 saturated heterocycles. The van der Waals surface area contributed by atoms with Crippen molar-refractivity contribution in [3.8, 4) is 28.5 Å². The molecule has 0 spiro atoms. The molecule has 9 nitrogen and oxygen atoms in total. The molecule has 0 aliphatic carbocycles. The molecule has 34 heavy (non-hydrogen) atoms. The summed E-state index contributed by atoms with van der Waals surface area (Å²) in [5.41, 5.74) is 1.23. The number of aromatic nitrogens is 5. The van der Waals surface area contributed by atoms with Crippen LogP contribution in [0.2, 0.25) is 0 Å². The molecule has 0 fully saturated rings. The summed E-state index contributed by atoms with van der Waals surface area (Å²) in [6.45, 7) is -3.05. The number of alkyl halides is 2. The fourth-order valence-corrected chi connectivity index (χ4v) is 3.35. The molecule has 5 rings (SSSR count). The van der Waals surface area contributed by atoms with Crippen molar-refractivity contribution < 1.29 is 23.0 Å². The van der Waals surface area contributed by atoms with Crippen LogP contribution in [0.15, 0.2) is 79.4 Å². The maximum absolute atomic E-state index is 13.1. The van der Waals surface area contributed by atoms with E-state index in [-0.39, 0.29) is 28.3 Å². The lowest BCUT2D eigenvalue weighted by molar-refractivity contribution is -0.0494.